The van der Waals surface area contributed by atoms with Crippen molar-refractivity contribution in [3.05, 3.63) is 33.8 Å². The number of carbonyl (C=O) groups is 1. The number of rotatable bonds is 3. The summed E-state index contributed by atoms with van der Waals surface area (Å²) < 4.78 is 5.21. The minimum atomic E-state index is -0.936. The zero-order valence-electron chi connectivity index (χ0n) is 10.5. The first-order chi connectivity index (χ1) is 8.99. The van der Waals surface area contributed by atoms with E-state index in [0.29, 0.717) is 29.7 Å². The van der Waals surface area contributed by atoms with Crippen molar-refractivity contribution in [2.75, 3.05) is 19.7 Å². The molecule has 1 aliphatic heterocycles. The lowest BCUT2D eigenvalue weighted by Gasteiger charge is -2.35. The Morgan fingerprint density at radius 2 is 2.26 bits per heavy atom. The molecule has 2 rings (SSSR count). The Balaban J connectivity index is 2.16. The Morgan fingerprint density at radius 3 is 2.95 bits per heavy atom. The molecule has 4 nitrogen and oxygen atoms in total. The van der Waals surface area contributed by atoms with Crippen LogP contribution in [0, 0.1) is 0 Å². The fraction of sp³-hybridized carbons (Fsp3) is 0.462. The van der Waals surface area contributed by atoms with Crippen LogP contribution in [-0.2, 0) is 9.53 Å². The summed E-state index contributed by atoms with van der Waals surface area (Å²) in [4.78, 5) is 13.0. The second kappa shape index (κ2) is 6.09. The molecule has 0 radical (unpaired) electrons. The summed E-state index contributed by atoms with van der Waals surface area (Å²) in [6.45, 7) is 3.41. The molecule has 1 N–H and O–H groups in total. The van der Waals surface area contributed by atoms with E-state index >= 15 is 0 Å². The summed E-state index contributed by atoms with van der Waals surface area (Å²) in [5, 5.41) is 10.3. The van der Waals surface area contributed by atoms with Crippen molar-refractivity contribution in [1.29, 1.82) is 0 Å². The second-order valence-electron chi connectivity index (χ2n) is 4.53. The molecule has 1 heterocycles. The maximum absolute atomic E-state index is 11.0. The summed E-state index contributed by atoms with van der Waals surface area (Å²) in [7, 11) is 0. The van der Waals surface area contributed by atoms with E-state index in [-0.39, 0.29) is 6.04 Å². The maximum Gasteiger partial charge on any atom is 0.334 e. The largest absolute Gasteiger partial charge is 0.479 e. The van der Waals surface area contributed by atoms with Gasteiger partial charge in [0.1, 0.15) is 0 Å². The lowest BCUT2D eigenvalue weighted by Crippen LogP contribution is -2.46. The molecular weight excluding hydrogens is 289 g/mol. The van der Waals surface area contributed by atoms with Gasteiger partial charge >= 0.3 is 5.97 Å². The van der Waals surface area contributed by atoms with Gasteiger partial charge < -0.3 is 9.84 Å². The average molecular weight is 304 g/mol. The molecule has 2 atom stereocenters. The molecule has 2 unspecified atom stereocenters. The van der Waals surface area contributed by atoms with Gasteiger partial charge in [-0.25, -0.2) is 4.79 Å². The van der Waals surface area contributed by atoms with Crippen LogP contribution in [0.4, 0.5) is 0 Å². The molecular formula is C13H15Cl2NO3. The van der Waals surface area contributed by atoms with E-state index in [4.69, 9.17) is 33.0 Å². The quantitative estimate of drug-likeness (QED) is 0.933. The highest BCUT2D eigenvalue weighted by Crippen LogP contribution is 2.30. The summed E-state index contributed by atoms with van der Waals surface area (Å²) in [6, 6.07) is 5.31. The highest BCUT2D eigenvalue weighted by Gasteiger charge is 2.29. The van der Waals surface area contributed by atoms with Crippen molar-refractivity contribution in [3.63, 3.8) is 0 Å². The number of morpholine rings is 1. The standard InChI is InChI=1S/C13H15Cl2NO3/c1-8(10-6-9(14)2-3-11(10)15)16-4-5-19-12(7-16)13(17)18/h2-3,6,8,12H,4-5,7H2,1H3,(H,17,18). The first-order valence-electron chi connectivity index (χ1n) is 6.02. The van der Waals surface area contributed by atoms with Crippen LogP contribution in [0.3, 0.4) is 0 Å². The Morgan fingerprint density at radius 1 is 1.53 bits per heavy atom. The third-order valence-corrected chi connectivity index (χ3v) is 3.91. The molecule has 0 aliphatic carbocycles. The van der Waals surface area contributed by atoms with Crippen molar-refractivity contribution in [1.82, 2.24) is 4.90 Å². The smallest absolute Gasteiger partial charge is 0.334 e. The van der Waals surface area contributed by atoms with E-state index in [0.717, 1.165) is 5.56 Å². The van der Waals surface area contributed by atoms with E-state index in [2.05, 4.69) is 0 Å². The molecule has 104 valence electrons. The zero-order chi connectivity index (χ0) is 14.0. The van der Waals surface area contributed by atoms with Crippen LogP contribution in [0.5, 0.6) is 0 Å². The van der Waals surface area contributed by atoms with Crippen molar-refractivity contribution in [2.45, 2.75) is 19.1 Å². The SMILES string of the molecule is CC(c1cc(Cl)ccc1Cl)N1CCOC(C(=O)O)C1. The van der Waals surface area contributed by atoms with Crippen molar-refractivity contribution in [3.8, 4) is 0 Å². The number of carboxylic acids is 1. The molecule has 1 aliphatic rings. The highest BCUT2D eigenvalue weighted by atomic mass is 35.5. The average Bonchev–Trinajstić information content (AvgIpc) is 2.41. The third kappa shape index (κ3) is 3.39. The van der Waals surface area contributed by atoms with Gasteiger partial charge in [-0.15, -0.1) is 0 Å². The number of hydrogen-bond acceptors (Lipinski definition) is 3. The molecule has 1 aromatic rings. The number of benzene rings is 1. The van der Waals surface area contributed by atoms with Gasteiger partial charge in [0.25, 0.3) is 0 Å². The van der Waals surface area contributed by atoms with Gasteiger partial charge in [0.05, 0.1) is 6.61 Å². The van der Waals surface area contributed by atoms with Gasteiger partial charge in [0.15, 0.2) is 6.10 Å². The minimum Gasteiger partial charge on any atom is -0.479 e. The molecule has 0 saturated carbocycles. The molecule has 19 heavy (non-hydrogen) atoms. The fourth-order valence-electron chi connectivity index (χ4n) is 2.20. The molecule has 1 saturated heterocycles. The van der Waals surface area contributed by atoms with Crippen LogP contribution in [0.15, 0.2) is 18.2 Å². The third-order valence-electron chi connectivity index (χ3n) is 3.33. The van der Waals surface area contributed by atoms with Gasteiger partial charge in [-0.1, -0.05) is 23.2 Å². The van der Waals surface area contributed by atoms with Crippen LogP contribution in [0.2, 0.25) is 10.0 Å². The van der Waals surface area contributed by atoms with Crippen molar-refractivity contribution >= 4 is 29.2 Å². The van der Waals surface area contributed by atoms with Crippen molar-refractivity contribution in [2.24, 2.45) is 0 Å². The second-order valence-corrected chi connectivity index (χ2v) is 5.38. The van der Waals surface area contributed by atoms with Gasteiger partial charge in [-0.05, 0) is 30.7 Å². The minimum absolute atomic E-state index is 0.00282. The maximum atomic E-state index is 11.0. The van der Waals surface area contributed by atoms with Crippen LogP contribution < -0.4 is 0 Å². The van der Waals surface area contributed by atoms with Gasteiger partial charge in [0.2, 0.25) is 0 Å². The summed E-state index contributed by atoms with van der Waals surface area (Å²) >= 11 is 12.2. The molecule has 0 aromatic heterocycles. The molecule has 1 fully saturated rings. The van der Waals surface area contributed by atoms with E-state index < -0.39 is 12.1 Å². The Kier molecular flexibility index (Phi) is 4.68. The van der Waals surface area contributed by atoms with Crippen LogP contribution in [0.25, 0.3) is 0 Å². The Hall–Kier alpha value is -0.810. The summed E-state index contributed by atoms with van der Waals surface area (Å²) in [6.07, 6.45) is -0.783. The van der Waals surface area contributed by atoms with E-state index in [1.807, 2.05) is 17.9 Å². The van der Waals surface area contributed by atoms with Crippen LogP contribution >= 0.6 is 23.2 Å². The molecule has 0 spiro atoms. The summed E-state index contributed by atoms with van der Waals surface area (Å²) in [5.41, 5.74) is 0.903. The predicted octanol–water partition coefficient (Wildman–Crippen LogP) is 2.84. The Labute approximate surface area is 121 Å². The van der Waals surface area contributed by atoms with Crippen molar-refractivity contribution < 1.29 is 14.6 Å². The highest BCUT2D eigenvalue weighted by molar-refractivity contribution is 6.33. The topological polar surface area (TPSA) is 49.8 Å². The lowest BCUT2D eigenvalue weighted by molar-refractivity contribution is -0.157. The number of halogens is 2. The first-order valence-corrected chi connectivity index (χ1v) is 6.78. The number of carboxylic acid groups (broad SMARTS) is 1. The van der Waals surface area contributed by atoms with Gasteiger partial charge in [-0.2, -0.15) is 0 Å². The first kappa shape index (κ1) is 14.6. The lowest BCUT2D eigenvalue weighted by atomic mass is 10.1. The van der Waals surface area contributed by atoms with Crippen LogP contribution in [0.1, 0.15) is 18.5 Å². The molecule has 0 bridgehead atoms. The molecule has 6 heteroatoms. The molecule has 0 amide bonds. The number of hydrogen-bond donors (Lipinski definition) is 1. The number of aliphatic carboxylic acids is 1. The van der Waals surface area contributed by atoms with E-state index in [9.17, 15) is 4.79 Å². The number of nitrogens with zero attached hydrogens (tertiary/aromatic N) is 1. The van der Waals surface area contributed by atoms with E-state index in [1.165, 1.54) is 0 Å². The monoisotopic (exact) mass is 303 g/mol. The summed E-state index contributed by atoms with van der Waals surface area (Å²) in [5.74, 6) is -0.936. The van der Waals surface area contributed by atoms with Crippen LogP contribution in [-0.4, -0.2) is 41.8 Å². The van der Waals surface area contributed by atoms with Gasteiger partial charge in [-0.3, -0.25) is 4.90 Å². The van der Waals surface area contributed by atoms with Gasteiger partial charge in [0, 0.05) is 29.2 Å². The zero-order valence-corrected chi connectivity index (χ0v) is 12.0. The fourth-order valence-corrected chi connectivity index (χ4v) is 2.66. The van der Waals surface area contributed by atoms with E-state index in [1.54, 1.807) is 12.1 Å². The predicted molar refractivity (Wildman–Crippen MR) is 73.8 cm³/mol. The number of ether oxygens (including phenoxy) is 1. The normalized spacial score (nSPS) is 22.2. The molecule has 1 aromatic carbocycles. The Bertz CT molecular complexity index is 481.